The molecule has 4 nitrogen and oxygen atoms in total. The van der Waals surface area contributed by atoms with Crippen LogP contribution in [0.4, 0.5) is 0 Å². The molecule has 0 saturated heterocycles. The van der Waals surface area contributed by atoms with E-state index < -0.39 is 11.4 Å². The highest BCUT2D eigenvalue weighted by Crippen LogP contribution is 2.42. The van der Waals surface area contributed by atoms with Crippen LogP contribution in [0, 0.1) is 17.2 Å². The van der Waals surface area contributed by atoms with Gasteiger partial charge in [-0.25, -0.2) is 9.78 Å². The van der Waals surface area contributed by atoms with E-state index in [9.17, 15) is 10.1 Å². The SMILES string of the molecule is CC1CCC(C#N)(c2nc(C(=O)O)cs2)CC1. The van der Waals surface area contributed by atoms with E-state index in [4.69, 9.17) is 5.11 Å². The van der Waals surface area contributed by atoms with E-state index in [0.29, 0.717) is 10.9 Å². The third-order valence-corrected chi connectivity index (χ3v) is 4.52. The highest BCUT2D eigenvalue weighted by molar-refractivity contribution is 7.10. The summed E-state index contributed by atoms with van der Waals surface area (Å²) in [5, 5.41) is 20.4. The van der Waals surface area contributed by atoms with Crippen molar-refractivity contribution in [2.75, 3.05) is 0 Å². The number of carboxylic acids is 1. The molecule has 0 radical (unpaired) electrons. The largest absolute Gasteiger partial charge is 0.476 e. The maximum atomic E-state index is 10.8. The standard InChI is InChI=1S/C12H14N2O2S/c1-8-2-4-12(7-13,5-3-8)11-14-9(6-17-11)10(15)16/h6,8H,2-5H2,1H3,(H,15,16). The first-order valence-electron chi connectivity index (χ1n) is 5.68. The number of hydrogen-bond donors (Lipinski definition) is 1. The smallest absolute Gasteiger partial charge is 0.355 e. The molecule has 90 valence electrons. The van der Waals surface area contributed by atoms with Gasteiger partial charge in [-0.3, -0.25) is 0 Å². The Kier molecular flexibility index (Phi) is 3.16. The van der Waals surface area contributed by atoms with Crippen LogP contribution < -0.4 is 0 Å². The van der Waals surface area contributed by atoms with Crippen LogP contribution in [0.25, 0.3) is 0 Å². The van der Waals surface area contributed by atoms with Crippen LogP contribution in [0.15, 0.2) is 5.38 Å². The minimum absolute atomic E-state index is 0.0539. The molecule has 0 spiro atoms. The van der Waals surface area contributed by atoms with Crippen LogP contribution in [-0.4, -0.2) is 16.1 Å². The molecule has 1 heterocycles. The molecule has 0 amide bonds. The van der Waals surface area contributed by atoms with Gasteiger partial charge in [0, 0.05) is 5.38 Å². The highest BCUT2D eigenvalue weighted by atomic mass is 32.1. The van der Waals surface area contributed by atoms with E-state index in [1.807, 2.05) is 0 Å². The second-order valence-corrected chi connectivity index (χ2v) is 5.58. The van der Waals surface area contributed by atoms with Crippen molar-refractivity contribution in [1.82, 2.24) is 4.98 Å². The molecule has 1 aromatic heterocycles. The Hall–Kier alpha value is -1.41. The third kappa shape index (κ3) is 2.18. The minimum atomic E-state index is -1.02. The monoisotopic (exact) mass is 250 g/mol. The number of carbonyl (C=O) groups is 1. The molecule has 0 aromatic carbocycles. The molecule has 1 aliphatic carbocycles. The lowest BCUT2D eigenvalue weighted by Crippen LogP contribution is -2.29. The lowest BCUT2D eigenvalue weighted by molar-refractivity contribution is 0.0691. The number of aromatic carboxylic acids is 1. The van der Waals surface area contributed by atoms with E-state index in [-0.39, 0.29) is 5.69 Å². The normalized spacial score (nSPS) is 28.6. The maximum Gasteiger partial charge on any atom is 0.355 e. The number of hydrogen-bond acceptors (Lipinski definition) is 4. The van der Waals surface area contributed by atoms with Crippen molar-refractivity contribution in [2.45, 2.75) is 38.0 Å². The summed E-state index contributed by atoms with van der Waals surface area (Å²) >= 11 is 1.29. The number of nitrogens with zero attached hydrogens (tertiary/aromatic N) is 2. The summed E-state index contributed by atoms with van der Waals surface area (Å²) in [4.78, 5) is 14.9. The van der Waals surface area contributed by atoms with Crippen LogP contribution in [0.1, 0.15) is 48.1 Å². The maximum absolute atomic E-state index is 10.8. The molecule has 0 atom stereocenters. The summed E-state index contributed by atoms with van der Waals surface area (Å²) in [5.41, 5.74) is -0.497. The Morgan fingerprint density at radius 3 is 2.76 bits per heavy atom. The van der Waals surface area contributed by atoms with Gasteiger partial charge in [0.2, 0.25) is 0 Å². The number of rotatable bonds is 2. The van der Waals surface area contributed by atoms with E-state index >= 15 is 0 Å². The number of aromatic nitrogens is 1. The van der Waals surface area contributed by atoms with Gasteiger partial charge in [-0.05, 0) is 31.6 Å². The van der Waals surface area contributed by atoms with Gasteiger partial charge < -0.3 is 5.11 Å². The molecule has 1 saturated carbocycles. The molecular weight excluding hydrogens is 236 g/mol. The lowest BCUT2D eigenvalue weighted by atomic mass is 9.72. The van der Waals surface area contributed by atoms with Crippen LogP contribution in [0.5, 0.6) is 0 Å². The molecule has 5 heteroatoms. The zero-order valence-electron chi connectivity index (χ0n) is 9.64. The molecule has 1 aliphatic rings. The summed E-state index contributed by atoms with van der Waals surface area (Å²) < 4.78 is 0. The van der Waals surface area contributed by atoms with Crippen LogP contribution >= 0.6 is 11.3 Å². The summed E-state index contributed by atoms with van der Waals surface area (Å²) in [5.74, 6) is -0.375. The number of thiazole rings is 1. The van der Waals surface area contributed by atoms with Gasteiger partial charge in [-0.2, -0.15) is 5.26 Å². The topological polar surface area (TPSA) is 74.0 Å². The second-order valence-electron chi connectivity index (χ2n) is 4.72. The molecule has 0 bridgehead atoms. The molecule has 1 N–H and O–H groups in total. The molecule has 2 rings (SSSR count). The molecular formula is C12H14N2O2S. The Bertz CT molecular complexity index is 467. The van der Waals surface area contributed by atoms with E-state index in [0.717, 1.165) is 25.7 Å². The van der Waals surface area contributed by atoms with Gasteiger partial charge in [-0.1, -0.05) is 6.92 Å². The fourth-order valence-corrected chi connectivity index (χ4v) is 3.22. The minimum Gasteiger partial charge on any atom is -0.476 e. The summed E-state index contributed by atoms with van der Waals surface area (Å²) in [6, 6.07) is 2.36. The third-order valence-electron chi connectivity index (χ3n) is 3.47. The van der Waals surface area contributed by atoms with Gasteiger partial charge >= 0.3 is 5.97 Å². The molecule has 0 aliphatic heterocycles. The predicted molar refractivity (Wildman–Crippen MR) is 64.0 cm³/mol. The Labute approximate surface area is 104 Å². The zero-order valence-corrected chi connectivity index (χ0v) is 10.5. The molecule has 1 aromatic rings. The van der Waals surface area contributed by atoms with Gasteiger partial charge in [-0.15, -0.1) is 11.3 Å². The average molecular weight is 250 g/mol. The van der Waals surface area contributed by atoms with Gasteiger partial charge in [0.25, 0.3) is 0 Å². The van der Waals surface area contributed by atoms with Gasteiger partial charge in [0.15, 0.2) is 5.69 Å². The first-order valence-corrected chi connectivity index (χ1v) is 6.56. The zero-order chi connectivity index (χ0) is 12.5. The fourth-order valence-electron chi connectivity index (χ4n) is 2.22. The second kappa shape index (κ2) is 4.46. The molecule has 17 heavy (non-hydrogen) atoms. The fraction of sp³-hybridized carbons (Fsp3) is 0.583. The average Bonchev–Trinajstić information content (AvgIpc) is 2.81. The van der Waals surface area contributed by atoms with E-state index in [2.05, 4.69) is 18.0 Å². The quantitative estimate of drug-likeness (QED) is 0.875. The van der Waals surface area contributed by atoms with Crippen LogP contribution in [0.3, 0.4) is 0 Å². The van der Waals surface area contributed by atoms with Crippen molar-refractivity contribution in [3.8, 4) is 6.07 Å². The van der Waals surface area contributed by atoms with Gasteiger partial charge in [0.1, 0.15) is 10.4 Å². The summed E-state index contributed by atoms with van der Waals surface area (Å²) in [6.45, 7) is 2.19. The van der Waals surface area contributed by atoms with Crippen molar-refractivity contribution >= 4 is 17.3 Å². The van der Waals surface area contributed by atoms with E-state index in [1.165, 1.54) is 16.7 Å². The predicted octanol–water partition coefficient (Wildman–Crippen LogP) is 2.81. The molecule has 0 unspecified atom stereocenters. The van der Waals surface area contributed by atoms with E-state index in [1.54, 1.807) is 0 Å². The van der Waals surface area contributed by atoms with Gasteiger partial charge in [0.05, 0.1) is 6.07 Å². The number of nitriles is 1. The van der Waals surface area contributed by atoms with Crippen molar-refractivity contribution in [3.63, 3.8) is 0 Å². The molecule has 1 fully saturated rings. The Morgan fingerprint density at radius 2 is 2.29 bits per heavy atom. The first-order chi connectivity index (χ1) is 8.07. The van der Waals surface area contributed by atoms with Crippen LogP contribution in [-0.2, 0) is 5.41 Å². The Morgan fingerprint density at radius 1 is 1.65 bits per heavy atom. The van der Waals surface area contributed by atoms with Crippen molar-refractivity contribution in [1.29, 1.82) is 5.26 Å². The number of carboxylic acid groups (broad SMARTS) is 1. The summed E-state index contributed by atoms with van der Waals surface area (Å²) in [6.07, 6.45) is 3.60. The first kappa shape index (κ1) is 12.1. The van der Waals surface area contributed by atoms with Crippen molar-refractivity contribution in [2.24, 2.45) is 5.92 Å². The highest BCUT2D eigenvalue weighted by Gasteiger charge is 2.39. The summed E-state index contributed by atoms with van der Waals surface area (Å²) in [7, 11) is 0. The Balaban J connectivity index is 2.29. The van der Waals surface area contributed by atoms with Crippen molar-refractivity contribution < 1.29 is 9.90 Å². The van der Waals surface area contributed by atoms with Crippen molar-refractivity contribution in [3.05, 3.63) is 16.1 Å². The van der Waals surface area contributed by atoms with Crippen LogP contribution in [0.2, 0.25) is 0 Å². The lowest BCUT2D eigenvalue weighted by Gasteiger charge is -2.31.